The van der Waals surface area contributed by atoms with Crippen molar-refractivity contribution in [3.8, 4) is 17.0 Å². The summed E-state index contributed by atoms with van der Waals surface area (Å²) in [6, 6.07) is 13.8. The minimum Gasteiger partial charge on any atom is -0.508 e. The van der Waals surface area contributed by atoms with Crippen molar-refractivity contribution in [1.29, 1.82) is 0 Å². The lowest BCUT2D eigenvalue weighted by Gasteiger charge is -2.14. The van der Waals surface area contributed by atoms with Crippen molar-refractivity contribution in [2.24, 2.45) is 10.2 Å². The number of nitrogens with zero attached hydrogens (tertiary/aromatic N) is 3. The van der Waals surface area contributed by atoms with Gasteiger partial charge in [0.05, 0.1) is 17.1 Å². The Morgan fingerprint density at radius 3 is 2.61 bits per heavy atom. The number of halogens is 2. The van der Waals surface area contributed by atoms with Crippen molar-refractivity contribution in [3.63, 3.8) is 0 Å². The van der Waals surface area contributed by atoms with Crippen LogP contribution in [-0.4, -0.2) is 15.6 Å². The number of carbonyl (C=O) groups excluding carboxylic acids is 1. The number of alkyl halides is 2. The number of hydrogen-bond acceptors (Lipinski definition) is 4. The van der Waals surface area contributed by atoms with Crippen molar-refractivity contribution < 1.29 is 9.90 Å². The first-order valence-corrected chi connectivity index (χ1v) is 9.42. The fourth-order valence-corrected chi connectivity index (χ4v) is 3.53. The molecule has 3 aromatic rings. The highest BCUT2D eigenvalue weighted by molar-refractivity contribution is 6.44. The number of phenolic OH excluding ortho intramolecular Hbond substituents is 1. The smallest absolute Gasteiger partial charge is 0.272 e. The fraction of sp³-hybridized carbons (Fsp3) is 0.150. The van der Waals surface area contributed by atoms with Gasteiger partial charge in [0.2, 0.25) is 6.17 Å². The highest BCUT2D eigenvalue weighted by Crippen LogP contribution is 2.42. The SMILES string of the molecule is Cc1ccc2c(c1)-c1c(C(Cl)Cl)ccn1[C@@H](N=Nc1ccc(O)cc1)C(=O)N2. The van der Waals surface area contributed by atoms with Crippen LogP contribution in [0.5, 0.6) is 5.75 Å². The molecular formula is C20H16Cl2N4O2. The van der Waals surface area contributed by atoms with Crippen LogP contribution in [0.25, 0.3) is 11.3 Å². The van der Waals surface area contributed by atoms with Gasteiger partial charge in [-0.25, -0.2) is 0 Å². The largest absolute Gasteiger partial charge is 0.508 e. The molecule has 6 nitrogen and oxygen atoms in total. The maximum absolute atomic E-state index is 12.9. The number of hydrogen-bond donors (Lipinski definition) is 2. The van der Waals surface area contributed by atoms with Crippen LogP contribution in [0, 0.1) is 6.92 Å². The van der Waals surface area contributed by atoms with Crippen molar-refractivity contribution >= 4 is 40.5 Å². The lowest BCUT2D eigenvalue weighted by Crippen LogP contribution is -2.22. The topological polar surface area (TPSA) is 79.0 Å². The molecule has 0 spiro atoms. The van der Waals surface area contributed by atoms with E-state index in [1.807, 2.05) is 25.1 Å². The number of aromatic nitrogens is 1. The van der Waals surface area contributed by atoms with Crippen LogP contribution in [0.3, 0.4) is 0 Å². The van der Waals surface area contributed by atoms with Crippen LogP contribution in [0.2, 0.25) is 0 Å². The first-order valence-electron chi connectivity index (χ1n) is 8.54. The molecule has 1 amide bonds. The molecule has 1 aromatic heterocycles. The van der Waals surface area contributed by atoms with E-state index in [4.69, 9.17) is 23.2 Å². The van der Waals surface area contributed by atoms with Gasteiger partial charge in [-0.3, -0.25) is 4.79 Å². The Morgan fingerprint density at radius 1 is 1.14 bits per heavy atom. The Morgan fingerprint density at radius 2 is 1.89 bits per heavy atom. The molecule has 0 saturated heterocycles. The van der Waals surface area contributed by atoms with Gasteiger partial charge in [-0.05, 0) is 49.4 Å². The van der Waals surface area contributed by atoms with E-state index >= 15 is 0 Å². The first-order chi connectivity index (χ1) is 13.4. The summed E-state index contributed by atoms with van der Waals surface area (Å²) in [5.41, 5.74) is 4.45. The van der Waals surface area contributed by atoms with Crippen LogP contribution in [-0.2, 0) is 4.79 Å². The molecule has 4 rings (SSSR count). The summed E-state index contributed by atoms with van der Waals surface area (Å²) < 4.78 is 1.72. The molecule has 0 fully saturated rings. The quantitative estimate of drug-likeness (QED) is 0.414. The standard InChI is InChI=1S/C20H16Cl2N4O2/c1-11-2-7-16-15(10-11)17-14(18(21)22)8-9-26(17)19(20(28)23-16)25-24-12-3-5-13(27)6-4-12/h2-10,18-19,27H,1H3,(H,23,28)/t19-/m1/s1. The van der Waals surface area contributed by atoms with Gasteiger partial charge < -0.3 is 15.0 Å². The number of aromatic hydroxyl groups is 1. The van der Waals surface area contributed by atoms with Gasteiger partial charge in [-0.1, -0.05) is 34.8 Å². The molecule has 1 atom stereocenters. The van der Waals surface area contributed by atoms with Crippen molar-refractivity contribution in [2.75, 3.05) is 5.32 Å². The Labute approximate surface area is 171 Å². The molecule has 2 heterocycles. The monoisotopic (exact) mass is 414 g/mol. The summed E-state index contributed by atoms with van der Waals surface area (Å²) in [4.78, 5) is 12.1. The second-order valence-corrected chi connectivity index (χ2v) is 7.57. The number of azo groups is 1. The molecule has 28 heavy (non-hydrogen) atoms. The van der Waals surface area contributed by atoms with Crippen LogP contribution >= 0.6 is 23.2 Å². The number of nitrogens with one attached hydrogen (secondary N) is 1. The summed E-state index contributed by atoms with van der Waals surface area (Å²) in [6.07, 6.45) is 0.803. The van der Waals surface area contributed by atoms with Gasteiger partial charge in [0, 0.05) is 17.3 Å². The van der Waals surface area contributed by atoms with E-state index in [2.05, 4.69) is 15.5 Å². The van der Waals surface area contributed by atoms with E-state index in [1.165, 1.54) is 12.1 Å². The van der Waals surface area contributed by atoms with Gasteiger partial charge in [-0.2, -0.15) is 10.2 Å². The molecule has 1 aliphatic heterocycles. The van der Waals surface area contributed by atoms with Gasteiger partial charge in [0.25, 0.3) is 5.91 Å². The number of rotatable bonds is 3. The van der Waals surface area contributed by atoms with Crippen molar-refractivity contribution in [3.05, 3.63) is 65.9 Å². The van der Waals surface area contributed by atoms with Crippen LogP contribution in [0.1, 0.15) is 22.1 Å². The van der Waals surface area contributed by atoms with E-state index < -0.39 is 11.0 Å². The summed E-state index contributed by atoms with van der Waals surface area (Å²) in [6.45, 7) is 1.97. The zero-order valence-electron chi connectivity index (χ0n) is 14.8. The van der Waals surface area contributed by atoms with Gasteiger partial charge in [0.1, 0.15) is 10.6 Å². The molecular weight excluding hydrogens is 399 g/mol. The molecule has 2 N–H and O–H groups in total. The van der Waals surface area contributed by atoms with Gasteiger partial charge >= 0.3 is 0 Å². The maximum Gasteiger partial charge on any atom is 0.272 e. The number of phenols is 1. The van der Waals surface area contributed by atoms with Crippen LogP contribution in [0.4, 0.5) is 11.4 Å². The zero-order valence-corrected chi connectivity index (χ0v) is 16.3. The number of fused-ring (bicyclic) bond motifs is 3. The van der Waals surface area contributed by atoms with Gasteiger partial charge in [-0.15, -0.1) is 0 Å². The molecule has 2 aromatic carbocycles. The van der Waals surface area contributed by atoms with Crippen LogP contribution < -0.4 is 5.32 Å². The Balaban J connectivity index is 1.84. The summed E-state index contributed by atoms with van der Waals surface area (Å²) in [5, 5.41) is 20.7. The van der Waals surface area contributed by atoms with Gasteiger partial charge in [0.15, 0.2) is 0 Å². The average Bonchev–Trinajstić information content (AvgIpc) is 3.05. The molecule has 0 saturated carbocycles. The molecule has 0 bridgehead atoms. The second kappa shape index (κ2) is 7.30. The predicted molar refractivity (Wildman–Crippen MR) is 109 cm³/mol. The minimum absolute atomic E-state index is 0.129. The van der Waals surface area contributed by atoms with Crippen LogP contribution in [0.15, 0.2) is 65.0 Å². The average molecular weight is 415 g/mol. The Hall–Kier alpha value is -2.83. The van der Waals surface area contributed by atoms with E-state index in [1.54, 1.807) is 29.0 Å². The highest BCUT2D eigenvalue weighted by Gasteiger charge is 2.31. The molecule has 0 radical (unpaired) electrons. The molecule has 142 valence electrons. The number of carbonyl (C=O) groups is 1. The summed E-state index contributed by atoms with van der Waals surface area (Å²) in [5.74, 6) is -0.196. The lowest BCUT2D eigenvalue weighted by molar-refractivity contribution is -0.119. The summed E-state index contributed by atoms with van der Waals surface area (Å²) in [7, 11) is 0. The normalized spacial score (nSPS) is 16.0. The third kappa shape index (κ3) is 3.37. The summed E-state index contributed by atoms with van der Waals surface area (Å²) >= 11 is 12.4. The van der Waals surface area contributed by atoms with E-state index in [-0.39, 0.29) is 11.7 Å². The predicted octanol–water partition coefficient (Wildman–Crippen LogP) is 5.88. The lowest BCUT2D eigenvalue weighted by atomic mass is 10.0. The highest BCUT2D eigenvalue weighted by atomic mass is 35.5. The molecule has 8 heteroatoms. The van der Waals surface area contributed by atoms with E-state index in [0.29, 0.717) is 16.9 Å². The zero-order chi connectivity index (χ0) is 19.8. The number of anilines is 1. The maximum atomic E-state index is 12.9. The van der Waals surface area contributed by atoms with Crippen molar-refractivity contribution in [2.45, 2.75) is 17.9 Å². The Kier molecular flexibility index (Phi) is 4.83. The number of benzene rings is 2. The van der Waals surface area contributed by atoms with E-state index in [0.717, 1.165) is 16.8 Å². The van der Waals surface area contributed by atoms with E-state index in [9.17, 15) is 9.90 Å². The van der Waals surface area contributed by atoms with Crippen molar-refractivity contribution in [1.82, 2.24) is 4.57 Å². The molecule has 0 aliphatic carbocycles. The third-order valence-electron chi connectivity index (χ3n) is 4.50. The Bertz CT molecular complexity index is 1070. The molecule has 0 unspecified atom stereocenters. The third-order valence-corrected chi connectivity index (χ3v) is 4.97. The first kappa shape index (κ1) is 18.5. The number of amides is 1. The fourth-order valence-electron chi connectivity index (χ4n) is 3.17. The minimum atomic E-state index is -0.933. The second-order valence-electron chi connectivity index (χ2n) is 6.47. The molecule has 1 aliphatic rings. The number of aryl methyl sites for hydroxylation is 1.